The Morgan fingerprint density at radius 3 is 2.40 bits per heavy atom. The first-order valence-electron chi connectivity index (χ1n) is 6.13. The molecule has 0 unspecified atom stereocenters. The summed E-state index contributed by atoms with van der Waals surface area (Å²) in [6, 6.07) is 3.01. The highest BCUT2D eigenvalue weighted by molar-refractivity contribution is 6.32. The number of hydrogen-bond donors (Lipinski definition) is 0. The van der Waals surface area contributed by atoms with E-state index in [4.69, 9.17) is 11.6 Å². The molecule has 0 N–H and O–H groups in total. The molecule has 0 saturated heterocycles. The zero-order chi connectivity index (χ0) is 15.3. The molecule has 1 aromatic carbocycles. The van der Waals surface area contributed by atoms with Crippen LogP contribution >= 0.6 is 11.6 Å². The van der Waals surface area contributed by atoms with Gasteiger partial charge in [-0.05, 0) is 43.7 Å². The number of benzene rings is 1. The van der Waals surface area contributed by atoms with E-state index < -0.39 is 11.7 Å². The van der Waals surface area contributed by atoms with Gasteiger partial charge in [-0.25, -0.2) is 0 Å². The number of likely N-dealkylation sites (N-methyl/N-ethyl adjacent to an activating group) is 1. The summed E-state index contributed by atoms with van der Waals surface area (Å²) >= 11 is 5.83. The minimum absolute atomic E-state index is 0.168. The van der Waals surface area contributed by atoms with Crippen LogP contribution in [0.5, 0.6) is 0 Å². The first kappa shape index (κ1) is 16.6. The molecule has 0 radical (unpaired) electrons. The van der Waals surface area contributed by atoms with Crippen molar-refractivity contribution in [3.05, 3.63) is 40.4 Å². The average Bonchev–Trinajstić information content (AvgIpc) is 2.37. The number of hydrogen-bond acceptors (Lipinski definition) is 1. The minimum atomic E-state index is -4.43. The molecule has 1 rings (SSSR count). The van der Waals surface area contributed by atoms with E-state index in [0.717, 1.165) is 12.1 Å². The van der Waals surface area contributed by atoms with E-state index in [-0.39, 0.29) is 16.5 Å². The Bertz CT molecular complexity index is 508. The lowest BCUT2D eigenvalue weighted by molar-refractivity contribution is -0.137. The van der Waals surface area contributed by atoms with Gasteiger partial charge in [-0.1, -0.05) is 11.6 Å². The third kappa shape index (κ3) is 4.27. The van der Waals surface area contributed by atoms with Crippen LogP contribution in [0.2, 0.25) is 5.02 Å². The van der Waals surface area contributed by atoms with E-state index in [2.05, 4.69) is 0 Å². The molecule has 0 saturated carbocycles. The van der Waals surface area contributed by atoms with Crippen molar-refractivity contribution >= 4 is 23.6 Å². The minimum Gasteiger partial charge on any atom is -0.340 e. The summed E-state index contributed by atoms with van der Waals surface area (Å²) in [7, 11) is 0. The smallest absolute Gasteiger partial charge is 0.340 e. The monoisotopic (exact) mass is 305 g/mol. The third-order valence-electron chi connectivity index (χ3n) is 2.80. The van der Waals surface area contributed by atoms with Crippen molar-refractivity contribution in [2.75, 3.05) is 13.1 Å². The van der Waals surface area contributed by atoms with Crippen LogP contribution in [-0.2, 0) is 11.0 Å². The summed E-state index contributed by atoms with van der Waals surface area (Å²) in [5.74, 6) is -0.261. The second kappa shape index (κ2) is 6.79. The zero-order valence-corrected chi connectivity index (χ0v) is 11.9. The molecule has 110 valence electrons. The molecule has 0 bridgehead atoms. The lowest BCUT2D eigenvalue weighted by Crippen LogP contribution is -2.28. The van der Waals surface area contributed by atoms with Crippen LogP contribution in [0.3, 0.4) is 0 Å². The average molecular weight is 306 g/mol. The van der Waals surface area contributed by atoms with Crippen LogP contribution in [-0.4, -0.2) is 23.9 Å². The number of alkyl halides is 3. The first-order valence-corrected chi connectivity index (χ1v) is 6.51. The maximum absolute atomic E-state index is 12.6. The Morgan fingerprint density at radius 1 is 1.30 bits per heavy atom. The van der Waals surface area contributed by atoms with Gasteiger partial charge in [-0.15, -0.1) is 0 Å². The molecule has 0 heterocycles. The van der Waals surface area contributed by atoms with Gasteiger partial charge in [0.15, 0.2) is 0 Å². The second-order valence-corrected chi connectivity index (χ2v) is 4.49. The Morgan fingerprint density at radius 2 is 1.90 bits per heavy atom. The van der Waals surface area contributed by atoms with Crippen LogP contribution in [0.25, 0.3) is 6.08 Å². The summed E-state index contributed by atoms with van der Waals surface area (Å²) in [5.41, 5.74) is -0.626. The predicted octanol–water partition coefficient (Wildman–Crippen LogP) is 4.24. The lowest BCUT2D eigenvalue weighted by Gasteiger charge is -2.16. The van der Waals surface area contributed by atoms with Crippen LogP contribution in [0.1, 0.15) is 25.0 Å². The van der Waals surface area contributed by atoms with Gasteiger partial charge in [0.2, 0.25) is 5.91 Å². The van der Waals surface area contributed by atoms with E-state index in [9.17, 15) is 18.0 Å². The molecular formula is C14H15ClF3NO. The molecule has 0 aliphatic rings. The molecule has 0 aliphatic heterocycles. The number of halogens is 4. The number of amides is 1. The van der Waals surface area contributed by atoms with Crippen LogP contribution < -0.4 is 0 Å². The Hall–Kier alpha value is -1.49. The zero-order valence-electron chi connectivity index (χ0n) is 11.2. The topological polar surface area (TPSA) is 20.3 Å². The van der Waals surface area contributed by atoms with Crippen molar-refractivity contribution in [2.45, 2.75) is 20.0 Å². The summed E-state index contributed by atoms with van der Waals surface area (Å²) in [5, 5.41) is 0.168. The molecule has 0 spiro atoms. The molecule has 20 heavy (non-hydrogen) atoms. The van der Waals surface area contributed by atoms with Gasteiger partial charge < -0.3 is 4.90 Å². The fourth-order valence-corrected chi connectivity index (χ4v) is 1.83. The van der Waals surface area contributed by atoms with Gasteiger partial charge in [-0.2, -0.15) is 13.2 Å². The van der Waals surface area contributed by atoms with Crippen molar-refractivity contribution in [3.63, 3.8) is 0 Å². The summed E-state index contributed by atoms with van der Waals surface area (Å²) in [6.45, 7) is 4.73. The first-order chi connectivity index (χ1) is 9.29. The highest BCUT2D eigenvalue weighted by Crippen LogP contribution is 2.32. The lowest BCUT2D eigenvalue weighted by atomic mass is 10.1. The molecule has 1 aromatic rings. The highest BCUT2D eigenvalue weighted by Gasteiger charge is 2.30. The Labute approximate surface area is 120 Å². The van der Waals surface area contributed by atoms with E-state index in [0.29, 0.717) is 13.1 Å². The maximum atomic E-state index is 12.6. The van der Waals surface area contributed by atoms with Crippen LogP contribution in [0.15, 0.2) is 24.3 Å². The number of nitrogens with zero attached hydrogens (tertiary/aromatic N) is 1. The second-order valence-electron chi connectivity index (χ2n) is 4.08. The number of carbonyl (C=O) groups excluding carboxylic acids is 1. The SMILES string of the molecule is CCN(CC)C(=O)/C=C/c1cc(C(F)(F)F)ccc1Cl. The summed E-state index contributed by atoms with van der Waals surface area (Å²) in [6.07, 6.45) is -1.90. The van der Waals surface area contributed by atoms with Crippen molar-refractivity contribution in [2.24, 2.45) is 0 Å². The summed E-state index contributed by atoms with van der Waals surface area (Å²) < 4.78 is 37.8. The van der Waals surface area contributed by atoms with Gasteiger partial charge in [0.1, 0.15) is 0 Å². The van der Waals surface area contributed by atoms with Gasteiger partial charge in [-0.3, -0.25) is 4.79 Å². The predicted molar refractivity (Wildman–Crippen MR) is 73.4 cm³/mol. The van der Waals surface area contributed by atoms with E-state index in [1.165, 1.54) is 18.2 Å². The fraction of sp³-hybridized carbons (Fsp3) is 0.357. The Kier molecular flexibility index (Phi) is 5.62. The molecule has 2 nitrogen and oxygen atoms in total. The maximum Gasteiger partial charge on any atom is 0.416 e. The molecule has 0 aliphatic carbocycles. The number of rotatable bonds is 4. The molecular weight excluding hydrogens is 291 g/mol. The van der Waals surface area contributed by atoms with Crippen LogP contribution in [0, 0.1) is 0 Å². The van der Waals surface area contributed by atoms with E-state index >= 15 is 0 Å². The van der Waals surface area contributed by atoms with Gasteiger partial charge in [0.05, 0.1) is 5.56 Å². The molecule has 6 heteroatoms. The molecule has 0 aromatic heterocycles. The van der Waals surface area contributed by atoms with Gasteiger partial charge in [0.25, 0.3) is 0 Å². The van der Waals surface area contributed by atoms with Gasteiger partial charge >= 0.3 is 6.18 Å². The van der Waals surface area contributed by atoms with E-state index in [1.807, 2.05) is 13.8 Å². The number of carbonyl (C=O) groups is 1. The fourth-order valence-electron chi connectivity index (χ4n) is 1.65. The van der Waals surface area contributed by atoms with Crippen molar-refractivity contribution in [1.29, 1.82) is 0 Å². The quantitative estimate of drug-likeness (QED) is 0.762. The standard InChI is InChI=1S/C14H15ClF3NO/c1-3-19(4-2)13(20)8-5-10-9-11(14(16,17)18)6-7-12(10)15/h5-9H,3-4H2,1-2H3/b8-5+. The van der Waals surface area contributed by atoms with E-state index in [1.54, 1.807) is 4.90 Å². The normalized spacial score (nSPS) is 11.9. The Balaban J connectivity index is 3.00. The van der Waals surface area contributed by atoms with Crippen molar-refractivity contribution < 1.29 is 18.0 Å². The van der Waals surface area contributed by atoms with Crippen molar-refractivity contribution in [1.82, 2.24) is 4.90 Å². The van der Waals surface area contributed by atoms with Crippen LogP contribution in [0.4, 0.5) is 13.2 Å². The third-order valence-corrected chi connectivity index (χ3v) is 3.15. The molecule has 0 atom stereocenters. The summed E-state index contributed by atoms with van der Waals surface area (Å²) in [4.78, 5) is 13.3. The molecule has 1 amide bonds. The molecule has 0 fully saturated rings. The largest absolute Gasteiger partial charge is 0.416 e. The van der Waals surface area contributed by atoms with Gasteiger partial charge in [0, 0.05) is 24.2 Å². The van der Waals surface area contributed by atoms with Crippen molar-refractivity contribution in [3.8, 4) is 0 Å². The highest BCUT2D eigenvalue weighted by atomic mass is 35.5.